The lowest BCUT2D eigenvalue weighted by molar-refractivity contribution is -0.136. The van der Waals surface area contributed by atoms with Crippen molar-refractivity contribution < 1.29 is 19.2 Å². The van der Waals surface area contributed by atoms with Crippen LogP contribution in [0, 0.1) is 0 Å². The molecule has 0 saturated carbocycles. The molecule has 6 nitrogen and oxygen atoms in total. The maximum absolute atomic E-state index is 12.8. The molecule has 0 unspecified atom stereocenters. The number of carboxylic acids is 1. The Kier molecular flexibility index (Phi) is 4.89. The summed E-state index contributed by atoms with van der Waals surface area (Å²) in [5.74, 6) is -0.896. The smallest absolute Gasteiger partial charge is 0.305 e. The number of para-hydroxylation sites is 1. The van der Waals surface area contributed by atoms with Crippen molar-refractivity contribution in [3.63, 3.8) is 0 Å². The summed E-state index contributed by atoms with van der Waals surface area (Å²) in [5.41, 5.74) is 1.55. The fourth-order valence-electron chi connectivity index (χ4n) is 2.42. The van der Waals surface area contributed by atoms with Crippen LogP contribution in [0.2, 0.25) is 0 Å². The zero-order chi connectivity index (χ0) is 17.6. The lowest BCUT2D eigenvalue weighted by atomic mass is 10.1. The van der Waals surface area contributed by atoms with E-state index in [2.05, 4.69) is 5.16 Å². The van der Waals surface area contributed by atoms with Gasteiger partial charge >= 0.3 is 5.97 Å². The van der Waals surface area contributed by atoms with Crippen molar-refractivity contribution >= 4 is 17.6 Å². The SMILES string of the molecule is O=C(O)CCN(C(=O)c1cc(-c2ccccc2)on1)c1ccccc1. The number of rotatable bonds is 6. The van der Waals surface area contributed by atoms with Crippen molar-refractivity contribution in [2.45, 2.75) is 6.42 Å². The van der Waals surface area contributed by atoms with Crippen LogP contribution in [0.5, 0.6) is 0 Å². The van der Waals surface area contributed by atoms with Crippen LogP contribution in [0.3, 0.4) is 0 Å². The Balaban J connectivity index is 1.87. The van der Waals surface area contributed by atoms with Gasteiger partial charge in [0.15, 0.2) is 11.5 Å². The van der Waals surface area contributed by atoms with Gasteiger partial charge in [-0.1, -0.05) is 53.7 Å². The average molecular weight is 336 g/mol. The highest BCUT2D eigenvalue weighted by molar-refractivity contribution is 6.05. The fraction of sp³-hybridized carbons (Fsp3) is 0.105. The molecule has 0 aliphatic heterocycles. The molecule has 0 bridgehead atoms. The van der Waals surface area contributed by atoms with Crippen molar-refractivity contribution in [1.29, 1.82) is 0 Å². The van der Waals surface area contributed by atoms with Gasteiger partial charge in [0.2, 0.25) is 0 Å². The molecule has 2 aromatic carbocycles. The largest absolute Gasteiger partial charge is 0.481 e. The van der Waals surface area contributed by atoms with Gasteiger partial charge in [-0.2, -0.15) is 0 Å². The van der Waals surface area contributed by atoms with Crippen molar-refractivity contribution in [2.75, 3.05) is 11.4 Å². The molecule has 1 heterocycles. The number of aromatic nitrogens is 1. The van der Waals surface area contributed by atoms with Gasteiger partial charge in [-0.3, -0.25) is 9.59 Å². The van der Waals surface area contributed by atoms with E-state index in [1.54, 1.807) is 30.3 Å². The summed E-state index contributed by atoms with van der Waals surface area (Å²) in [5, 5.41) is 12.8. The van der Waals surface area contributed by atoms with Crippen LogP contribution < -0.4 is 4.90 Å². The van der Waals surface area contributed by atoms with Gasteiger partial charge in [0.25, 0.3) is 5.91 Å². The first-order chi connectivity index (χ1) is 12.1. The molecule has 3 aromatic rings. The first kappa shape index (κ1) is 16.4. The quantitative estimate of drug-likeness (QED) is 0.745. The number of nitrogens with zero attached hydrogens (tertiary/aromatic N) is 2. The van der Waals surface area contributed by atoms with Crippen molar-refractivity contribution in [3.8, 4) is 11.3 Å². The van der Waals surface area contributed by atoms with Gasteiger partial charge in [0, 0.05) is 23.9 Å². The lowest BCUT2D eigenvalue weighted by Gasteiger charge is -2.20. The molecule has 6 heteroatoms. The maximum Gasteiger partial charge on any atom is 0.305 e. The summed E-state index contributed by atoms with van der Waals surface area (Å²) in [6.45, 7) is 0.0473. The summed E-state index contributed by atoms with van der Waals surface area (Å²) in [6.07, 6.45) is -0.163. The molecule has 25 heavy (non-hydrogen) atoms. The number of anilines is 1. The van der Waals surface area contributed by atoms with Crippen LogP contribution in [0.25, 0.3) is 11.3 Å². The first-order valence-electron chi connectivity index (χ1n) is 7.76. The first-order valence-corrected chi connectivity index (χ1v) is 7.76. The third-order valence-corrected chi connectivity index (χ3v) is 3.65. The van der Waals surface area contributed by atoms with Crippen molar-refractivity contribution in [1.82, 2.24) is 5.16 Å². The van der Waals surface area contributed by atoms with Crippen LogP contribution in [-0.4, -0.2) is 28.7 Å². The lowest BCUT2D eigenvalue weighted by Crippen LogP contribution is -2.33. The zero-order valence-corrected chi connectivity index (χ0v) is 13.3. The Labute approximate surface area is 144 Å². The summed E-state index contributed by atoms with van der Waals surface area (Å²) in [7, 11) is 0. The van der Waals surface area contributed by atoms with Gasteiger partial charge < -0.3 is 14.5 Å². The van der Waals surface area contributed by atoms with E-state index in [0.717, 1.165) is 5.56 Å². The van der Waals surface area contributed by atoms with Gasteiger partial charge in [-0.05, 0) is 12.1 Å². The predicted octanol–water partition coefficient (Wildman–Crippen LogP) is 3.46. The highest BCUT2D eigenvalue weighted by atomic mass is 16.5. The number of carbonyl (C=O) groups is 2. The number of carbonyl (C=O) groups excluding carboxylic acids is 1. The van der Waals surface area contributed by atoms with E-state index in [-0.39, 0.29) is 18.7 Å². The molecule has 0 saturated heterocycles. The standard InChI is InChI=1S/C19H16N2O4/c22-18(23)11-12-21(15-9-5-2-6-10-15)19(24)16-13-17(25-20-16)14-7-3-1-4-8-14/h1-10,13H,11-12H2,(H,22,23). The summed E-state index contributed by atoms with van der Waals surface area (Å²) < 4.78 is 5.27. The topological polar surface area (TPSA) is 83.6 Å². The summed E-state index contributed by atoms with van der Waals surface area (Å²) in [4.78, 5) is 25.1. The average Bonchev–Trinajstić information content (AvgIpc) is 3.13. The Morgan fingerprint density at radius 2 is 1.64 bits per heavy atom. The van der Waals surface area contributed by atoms with E-state index in [4.69, 9.17) is 9.63 Å². The molecular weight excluding hydrogens is 320 g/mol. The Morgan fingerprint density at radius 1 is 1.00 bits per heavy atom. The number of carboxylic acid groups (broad SMARTS) is 1. The second-order valence-electron chi connectivity index (χ2n) is 5.38. The van der Waals surface area contributed by atoms with Crippen LogP contribution in [0.15, 0.2) is 71.3 Å². The van der Waals surface area contributed by atoms with Gasteiger partial charge in [0.05, 0.1) is 6.42 Å². The van der Waals surface area contributed by atoms with Gasteiger partial charge in [-0.15, -0.1) is 0 Å². The Hall–Kier alpha value is -3.41. The second-order valence-corrected chi connectivity index (χ2v) is 5.38. The minimum absolute atomic E-state index is 0.0473. The molecule has 0 spiro atoms. The molecule has 0 radical (unpaired) electrons. The number of benzene rings is 2. The van der Waals surface area contributed by atoms with E-state index >= 15 is 0 Å². The number of aliphatic carboxylic acids is 1. The summed E-state index contributed by atoms with van der Waals surface area (Å²) in [6, 6.07) is 19.8. The van der Waals surface area contributed by atoms with Crippen molar-refractivity contribution in [2.24, 2.45) is 0 Å². The number of hydrogen-bond donors (Lipinski definition) is 1. The monoisotopic (exact) mass is 336 g/mol. The number of hydrogen-bond acceptors (Lipinski definition) is 4. The molecule has 1 amide bonds. The second kappa shape index (κ2) is 7.44. The maximum atomic E-state index is 12.8. The molecule has 0 aliphatic carbocycles. The van der Waals surface area contributed by atoms with Crippen LogP contribution >= 0.6 is 0 Å². The van der Waals surface area contributed by atoms with E-state index in [0.29, 0.717) is 11.4 Å². The summed E-state index contributed by atoms with van der Waals surface area (Å²) >= 11 is 0. The van der Waals surface area contributed by atoms with E-state index in [9.17, 15) is 9.59 Å². The van der Waals surface area contributed by atoms with Gasteiger partial charge in [0.1, 0.15) is 0 Å². The minimum atomic E-state index is -0.973. The molecular formula is C19H16N2O4. The molecule has 1 N–H and O–H groups in total. The zero-order valence-electron chi connectivity index (χ0n) is 13.3. The third-order valence-electron chi connectivity index (χ3n) is 3.65. The molecule has 126 valence electrons. The normalized spacial score (nSPS) is 10.4. The highest BCUT2D eigenvalue weighted by Gasteiger charge is 2.22. The van der Waals surface area contributed by atoms with Crippen molar-refractivity contribution in [3.05, 3.63) is 72.4 Å². The molecule has 3 rings (SSSR count). The molecule has 0 aliphatic rings. The predicted molar refractivity (Wildman–Crippen MR) is 92.3 cm³/mol. The van der Waals surface area contributed by atoms with E-state index in [1.807, 2.05) is 36.4 Å². The molecule has 1 aromatic heterocycles. The van der Waals surface area contributed by atoms with Crippen LogP contribution in [0.1, 0.15) is 16.9 Å². The number of amides is 1. The van der Waals surface area contributed by atoms with Crippen LogP contribution in [0.4, 0.5) is 5.69 Å². The fourth-order valence-corrected chi connectivity index (χ4v) is 2.42. The van der Waals surface area contributed by atoms with Gasteiger partial charge in [-0.25, -0.2) is 0 Å². The third kappa shape index (κ3) is 3.92. The Morgan fingerprint density at radius 3 is 2.28 bits per heavy atom. The molecule has 0 atom stereocenters. The van der Waals surface area contributed by atoms with E-state index in [1.165, 1.54) is 4.90 Å². The van der Waals surface area contributed by atoms with E-state index < -0.39 is 11.9 Å². The Bertz CT molecular complexity index is 859. The van der Waals surface area contributed by atoms with Crippen LogP contribution in [-0.2, 0) is 4.79 Å². The highest BCUT2D eigenvalue weighted by Crippen LogP contribution is 2.22. The minimum Gasteiger partial charge on any atom is -0.481 e. The molecule has 0 fully saturated rings.